The molecule has 0 saturated carbocycles. The molecule has 7 heteroatoms. The highest BCUT2D eigenvalue weighted by Crippen LogP contribution is 2.18. The number of para-hydroxylation sites is 1. The Morgan fingerprint density at radius 3 is 2.75 bits per heavy atom. The van der Waals surface area contributed by atoms with Gasteiger partial charge in [-0.1, -0.05) is 25.1 Å². The van der Waals surface area contributed by atoms with Crippen LogP contribution in [-0.4, -0.2) is 18.0 Å². The van der Waals surface area contributed by atoms with Gasteiger partial charge >= 0.3 is 0 Å². The van der Waals surface area contributed by atoms with Gasteiger partial charge in [0.1, 0.15) is 16.4 Å². The Morgan fingerprint density at radius 2 is 2.04 bits per heavy atom. The number of thiazole rings is 1. The van der Waals surface area contributed by atoms with E-state index in [1.807, 2.05) is 36.5 Å². The Balaban J connectivity index is 0.00000208. The van der Waals surface area contributed by atoms with Crippen LogP contribution >= 0.6 is 35.3 Å². The van der Waals surface area contributed by atoms with Crippen molar-refractivity contribution < 1.29 is 4.42 Å². The van der Waals surface area contributed by atoms with E-state index in [4.69, 9.17) is 4.42 Å². The number of aromatic nitrogens is 1. The molecule has 0 aliphatic carbocycles. The number of guanidine groups is 1. The molecule has 128 valence electrons. The van der Waals surface area contributed by atoms with Crippen molar-refractivity contribution >= 4 is 52.2 Å². The number of furan rings is 1. The number of aryl methyl sites for hydroxylation is 1. The lowest BCUT2D eigenvalue weighted by molar-refractivity contribution is 0.538. The second kappa shape index (κ2) is 9.03. The number of hydrogen-bond donors (Lipinski definition) is 2. The maximum Gasteiger partial charge on any atom is 0.191 e. The first-order valence-electron chi connectivity index (χ1n) is 7.64. The maximum absolute atomic E-state index is 5.79. The van der Waals surface area contributed by atoms with Gasteiger partial charge in [0.25, 0.3) is 0 Å². The number of aliphatic imine (C=N–C) groups is 1. The van der Waals surface area contributed by atoms with Crippen molar-refractivity contribution in [3.8, 4) is 0 Å². The molecule has 2 heterocycles. The molecule has 5 nitrogen and oxygen atoms in total. The Labute approximate surface area is 162 Å². The van der Waals surface area contributed by atoms with Gasteiger partial charge in [-0.3, -0.25) is 4.99 Å². The molecule has 0 unspecified atom stereocenters. The summed E-state index contributed by atoms with van der Waals surface area (Å²) in [6.45, 7) is 3.40. The number of rotatable bonds is 5. The molecular weight excluding hydrogens is 435 g/mol. The summed E-state index contributed by atoms with van der Waals surface area (Å²) in [5, 5.41) is 8.71. The van der Waals surface area contributed by atoms with Gasteiger partial charge in [-0.15, -0.1) is 35.3 Å². The van der Waals surface area contributed by atoms with E-state index < -0.39 is 0 Å². The smallest absolute Gasteiger partial charge is 0.191 e. The molecule has 2 N–H and O–H groups in total. The van der Waals surface area contributed by atoms with E-state index in [9.17, 15) is 0 Å². The van der Waals surface area contributed by atoms with Gasteiger partial charge in [0.2, 0.25) is 0 Å². The second-order valence-corrected chi connectivity index (χ2v) is 6.30. The highest BCUT2D eigenvalue weighted by Gasteiger charge is 2.05. The summed E-state index contributed by atoms with van der Waals surface area (Å²) < 4.78 is 5.79. The third-order valence-electron chi connectivity index (χ3n) is 3.49. The summed E-state index contributed by atoms with van der Waals surface area (Å²) in [5.41, 5.74) is 0.905. The monoisotopic (exact) mass is 456 g/mol. The summed E-state index contributed by atoms with van der Waals surface area (Å²) in [7, 11) is 1.76. The SMILES string of the molecule is CCc1cnc(CNC(=NC)NCc2cc3ccccc3o2)s1.I. The van der Waals surface area contributed by atoms with E-state index in [0.717, 1.165) is 34.1 Å². The van der Waals surface area contributed by atoms with Gasteiger partial charge in [-0.2, -0.15) is 0 Å². The fraction of sp³-hybridized carbons (Fsp3) is 0.294. The van der Waals surface area contributed by atoms with Crippen molar-refractivity contribution in [2.75, 3.05) is 7.05 Å². The van der Waals surface area contributed by atoms with Gasteiger partial charge in [0.05, 0.1) is 13.1 Å². The number of halogens is 1. The van der Waals surface area contributed by atoms with Crippen LogP contribution < -0.4 is 10.6 Å². The minimum Gasteiger partial charge on any atom is -0.459 e. The van der Waals surface area contributed by atoms with Crippen molar-refractivity contribution in [2.45, 2.75) is 26.4 Å². The lowest BCUT2D eigenvalue weighted by atomic mass is 10.2. The van der Waals surface area contributed by atoms with E-state index in [2.05, 4.69) is 27.5 Å². The molecule has 0 radical (unpaired) electrons. The summed E-state index contributed by atoms with van der Waals surface area (Å²) >= 11 is 1.73. The zero-order valence-electron chi connectivity index (χ0n) is 13.7. The Hall–Kier alpha value is -1.61. The zero-order chi connectivity index (χ0) is 16.1. The number of benzene rings is 1. The predicted molar refractivity (Wildman–Crippen MR) is 110 cm³/mol. The highest BCUT2D eigenvalue weighted by molar-refractivity contribution is 14.0. The van der Waals surface area contributed by atoms with E-state index in [0.29, 0.717) is 13.1 Å². The normalized spacial score (nSPS) is 11.3. The molecule has 24 heavy (non-hydrogen) atoms. The number of nitrogens with zero attached hydrogens (tertiary/aromatic N) is 2. The van der Waals surface area contributed by atoms with Crippen LogP contribution in [0.3, 0.4) is 0 Å². The molecule has 0 spiro atoms. The molecule has 0 bridgehead atoms. The first kappa shape index (κ1) is 18.7. The average molecular weight is 456 g/mol. The van der Waals surface area contributed by atoms with E-state index >= 15 is 0 Å². The minimum atomic E-state index is 0. The van der Waals surface area contributed by atoms with Crippen molar-refractivity contribution in [3.05, 3.63) is 52.2 Å². The van der Waals surface area contributed by atoms with Crippen LogP contribution in [0.1, 0.15) is 22.6 Å². The largest absolute Gasteiger partial charge is 0.459 e. The van der Waals surface area contributed by atoms with E-state index in [1.165, 1.54) is 4.88 Å². The first-order chi connectivity index (χ1) is 11.3. The molecule has 3 rings (SSSR count). The molecule has 3 aromatic rings. The molecule has 0 amide bonds. The first-order valence-corrected chi connectivity index (χ1v) is 8.45. The summed E-state index contributed by atoms with van der Waals surface area (Å²) in [6, 6.07) is 10.0. The fourth-order valence-corrected chi connectivity index (χ4v) is 3.07. The molecule has 0 aliphatic rings. The molecule has 1 aromatic carbocycles. The lowest BCUT2D eigenvalue weighted by Gasteiger charge is -2.09. The van der Waals surface area contributed by atoms with Gasteiger partial charge in [-0.25, -0.2) is 4.98 Å². The highest BCUT2D eigenvalue weighted by atomic mass is 127. The molecular formula is C17H21IN4OS. The molecule has 0 fully saturated rings. The standard InChI is InChI=1S/C17H20N4OS.HI/c1-3-14-10-19-16(23-14)11-21-17(18-2)20-9-13-8-12-6-4-5-7-15(12)22-13;/h4-8,10H,3,9,11H2,1-2H3,(H2,18,20,21);1H. The number of hydrogen-bond acceptors (Lipinski definition) is 4. The maximum atomic E-state index is 5.79. The number of fused-ring (bicyclic) bond motifs is 1. The van der Waals surface area contributed by atoms with Crippen LogP contribution in [0.5, 0.6) is 0 Å². The molecule has 0 aliphatic heterocycles. The third kappa shape index (κ3) is 4.70. The number of nitrogens with one attached hydrogen (secondary N) is 2. The van der Waals surface area contributed by atoms with Crippen molar-refractivity contribution in [2.24, 2.45) is 4.99 Å². The van der Waals surface area contributed by atoms with Gasteiger partial charge in [-0.05, 0) is 18.6 Å². The van der Waals surface area contributed by atoms with Crippen LogP contribution in [0.2, 0.25) is 0 Å². The van der Waals surface area contributed by atoms with Crippen molar-refractivity contribution in [1.29, 1.82) is 0 Å². The van der Waals surface area contributed by atoms with E-state index in [1.54, 1.807) is 18.4 Å². The van der Waals surface area contributed by atoms with E-state index in [-0.39, 0.29) is 24.0 Å². The lowest BCUT2D eigenvalue weighted by Crippen LogP contribution is -2.36. The van der Waals surface area contributed by atoms with Gasteiger partial charge < -0.3 is 15.1 Å². The fourth-order valence-electron chi connectivity index (χ4n) is 2.27. The van der Waals surface area contributed by atoms with Gasteiger partial charge in [0.15, 0.2) is 5.96 Å². The quantitative estimate of drug-likeness (QED) is 0.347. The summed E-state index contributed by atoms with van der Waals surface area (Å²) in [4.78, 5) is 9.92. The van der Waals surface area contributed by atoms with Crippen LogP contribution in [0, 0.1) is 0 Å². The minimum absolute atomic E-state index is 0. The predicted octanol–water partition coefficient (Wildman–Crippen LogP) is 3.93. The van der Waals surface area contributed by atoms with Crippen LogP contribution in [0.4, 0.5) is 0 Å². The Morgan fingerprint density at radius 1 is 1.25 bits per heavy atom. The van der Waals surface area contributed by atoms with Crippen molar-refractivity contribution in [1.82, 2.24) is 15.6 Å². The van der Waals surface area contributed by atoms with Crippen LogP contribution in [0.25, 0.3) is 11.0 Å². The summed E-state index contributed by atoms with van der Waals surface area (Å²) in [6.07, 6.45) is 2.96. The molecule has 0 saturated heterocycles. The Kier molecular flexibility index (Phi) is 7.04. The molecule has 2 aromatic heterocycles. The second-order valence-electron chi connectivity index (χ2n) is 5.10. The zero-order valence-corrected chi connectivity index (χ0v) is 16.9. The van der Waals surface area contributed by atoms with Gasteiger partial charge in [0, 0.05) is 23.5 Å². The Bertz CT molecular complexity index is 779. The topological polar surface area (TPSA) is 62.5 Å². The summed E-state index contributed by atoms with van der Waals surface area (Å²) in [5.74, 6) is 1.62. The average Bonchev–Trinajstić information content (AvgIpc) is 3.21. The third-order valence-corrected chi connectivity index (χ3v) is 4.63. The molecule has 0 atom stereocenters. The van der Waals surface area contributed by atoms with Crippen LogP contribution in [0.15, 0.2) is 45.9 Å². The van der Waals surface area contributed by atoms with Crippen molar-refractivity contribution in [3.63, 3.8) is 0 Å². The van der Waals surface area contributed by atoms with Crippen LogP contribution in [-0.2, 0) is 19.5 Å².